The van der Waals surface area contributed by atoms with Gasteiger partial charge in [0.05, 0.1) is 0 Å². The fraction of sp³-hybridized carbons (Fsp3) is 0.579. The highest BCUT2D eigenvalue weighted by Crippen LogP contribution is 2.42. The first kappa shape index (κ1) is 17.7. The van der Waals surface area contributed by atoms with E-state index in [1.54, 1.807) is 6.92 Å². The SMILES string of the molecule is CCNC1Cc2c(C)cc(C)c(C(C)(C)CC(C)=O)c2OC1=O. The first-order valence-electron chi connectivity index (χ1n) is 8.25. The molecule has 1 atom stereocenters. The number of ketones is 1. The van der Waals surface area contributed by atoms with Crippen LogP contribution in [0.1, 0.15) is 56.4 Å². The summed E-state index contributed by atoms with van der Waals surface area (Å²) in [6, 6.07) is 1.84. The van der Waals surface area contributed by atoms with Crippen LogP contribution < -0.4 is 10.1 Å². The van der Waals surface area contributed by atoms with Crippen LogP contribution in [0.4, 0.5) is 0 Å². The van der Waals surface area contributed by atoms with Crippen LogP contribution in [-0.4, -0.2) is 24.3 Å². The van der Waals surface area contributed by atoms with Gasteiger partial charge in [-0.3, -0.25) is 4.79 Å². The van der Waals surface area contributed by atoms with Crippen molar-refractivity contribution in [3.63, 3.8) is 0 Å². The molecule has 1 aliphatic heterocycles. The van der Waals surface area contributed by atoms with E-state index in [9.17, 15) is 9.59 Å². The number of aryl methyl sites for hydroxylation is 2. The Morgan fingerprint density at radius 2 is 2.00 bits per heavy atom. The van der Waals surface area contributed by atoms with Crippen LogP contribution in [0.25, 0.3) is 0 Å². The maximum Gasteiger partial charge on any atom is 0.328 e. The zero-order chi connectivity index (χ0) is 17.4. The summed E-state index contributed by atoms with van der Waals surface area (Å²) in [4.78, 5) is 24.0. The normalized spacial score (nSPS) is 17.7. The van der Waals surface area contributed by atoms with Crippen molar-refractivity contribution in [2.24, 2.45) is 0 Å². The van der Waals surface area contributed by atoms with E-state index in [2.05, 4.69) is 18.3 Å². The number of likely N-dealkylation sites (N-methyl/N-ethyl adjacent to an activating group) is 1. The Morgan fingerprint density at radius 3 is 2.57 bits per heavy atom. The molecule has 23 heavy (non-hydrogen) atoms. The van der Waals surface area contributed by atoms with Gasteiger partial charge in [-0.15, -0.1) is 0 Å². The first-order valence-corrected chi connectivity index (χ1v) is 8.25. The Kier molecular flexibility index (Phi) is 4.95. The number of ether oxygens (including phenoxy) is 1. The number of rotatable bonds is 5. The molecular formula is C19H27NO3. The van der Waals surface area contributed by atoms with Crippen LogP contribution in [0.15, 0.2) is 6.07 Å². The second kappa shape index (κ2) is 6.44. The lowest BCUT2D eigenvalue weighted by Crippen LogP contribution is -2.44. The zero-order valence-corrected chi connectivity index (χ0v) is 15.0. The summed E-state index contributed by atoms with van der Waals surface area (Å²) in [5.74, 6) is 0.577. The third kappa shape index (κ3) is 3.47. The molecule has 1 aromatic carbocycles. The summed E-state index contributed by atoms with van der Waals surface area (Å²) in [5.41, 5.74) is 3.90. The number of esters is 1. The number of Topliss-reactive ketones (excluding diaryl/α,β-unsaturated/α-hetero) is 1. The van der Waals surface area contributed by atoms with Gasteiger partial charge < -0.3 is 10.1 Å². The average molecular weight is 317 g/mol. The van der Waals surface area contributed by atoms with Gasteiger partial charge in [-0.2, -0.15) is 0 Å². The highest BCUT2D eigenvalue weighted by molar-refractivity contribution is 5.83. The van der Waals surface area contributed by atoms with E-state index in [1.165, 1.54) is 0 Å². The summed E-state index contributed by atoms with van der Waals surface area (Å²) in [5, 5.41) is 3.18. The lowest BCUT2D eigenvalue weighted by molar-refractivity contribution is -0.137. The predicted molar refractivity (Wildman–Crippen MR) is 91.0 cm³/mol. The van der Waals surface area contributed by atoms with E-state index < -0.39 is 0 Å². The van der Waals surface area contributed by atoms with Gasteiger partial charge in [0.2, 0.25) is 0 Å². The van der Waals surface area contributed by atoms with Gasteiger partial charge in [0.25, 0.3) is 0 Å². The van der Waals surface area contributed by atoms with E-state index in [1.807, 2.05) is 27.7 Å². The van der Waals surface area contributed by atoms with Gasteiger partial charge in [-0.25, -0.2) is 4.79 Å². The first-order chi connectivity index (χ1) is 10.7. The van der Waals surface area contributed by atoms with E-state index >= 15 is 0 Å². The van der Waals surface area contributed by atoms with Crippen LogP contribution in [0, 0.1) is 13.8 Å². The van der Waals surface area contributed by atoms with Crippen molar-refractivity contribution in [3.05, 3.63) is 28.3 Å². The Hall–Kier alpha value is -1.68. The lowest BCUT2D eigenvalue weighted by Gasteiger charge is -2.34. The fourth-order valence-electron chi connectivity index (χ4n) is 3.77. The molecule has 1 aromatic rings. The monoisotopic (exact) mass is 317 g/mol. The van der Waals surface area contributed by atoms with Crippen molar-refractivity contribution >= 4 is 11.8 Å². The quantitative estimate of drug-likeness (QED) is 0.670. The molecule has 1 unspecified atom stereocenters. The van der Waals surface area contributed by atoms with Gasteiger partial charge in [-0.05, 0) is 38.4 Å². The van der Waals surface area contributed by atoms with Gasteiger partial charge in [0.1, 0.15) is 17.6 Å². The topological polar surface area (TPSA) is 55.4 Å². The molecule has 0 amide bonds. The third-order valence-corrected chi connectivity index (χ3v) is 4.52. The largest absolute Gasteiger partial charge is 0.425 e. The number of hydrogen-bond donors (Lipinski definition) is 1. The van der Waals surface area contributed by atoms with Crippen LogP contribution in [-0.2, 0) is 21.4 Å². The van der Waals surface area contributed by atoms with E-state index in [0.717, 1.165) is 28.8 Å². The molecule has 1 heterocycles. The number of hydrogen-bond acceptors (Lipinski definition) is 4. The molecule has 0 spiro atoms. The highest BCUT2D eigenvalue weighted by atomic mass is 16.5. The van der Waals surface area contributed by atoms with Crippen molar-refractivity contribution in [2.75, 3.05) is 6.54 Å². The molecule has 0 aromatic heterocycles. The molecule has 4 heteroatoms. The summed E-state index contributed by atoms with van der Waals surface area (Å²) in [7, 11) is 0. The Bertz CT molecular complexity index is 647. The lowest BCUT2D eigenvalue weighted by atomic mass is 9.75. The molecule has 0 aliphatic carbocycles. The van der Waals surface area contributed by atoms with Crippen LogP contribution >= 0.6 is 0 Å². The number of carbonyl (C=O) groups is 2. The molecule has 0 saturated heterocycles. The summed E-state index contributed by atoms with van der Waals surface area (Å²) in [6.45, 7) is 12.5. The molecule has 0 bridgehead atoms. The molecular weight excluding hydrogens is 290 g/mol. The minimum Gasteiger partial charge on any atom is -0.425 e. The van der Waals surface area contributed by atoms with E-state index in [-0.39, 0.29) is 23.2 Å². The Labute approximate surface area is 138 Å². The number of fused-ring (bicyclic) bond motifs is 1. The number of nitrogens with one attached hydrogen (secondary N) is 1. The average Bonchev–Trinajstić information content (AvgIpc) is 2.38. The second-order valence-electron chi connectivity index (χ2n) is 7.19. The maximum absolute atomic E-state index is 12.3. The molecule has 1 aliphatic rings. The molecule has 4 nitrogen and oxygen atoms in total. The van der Waals surface area contributed by atoms with E-state index in [4.69, 9.17) is 4.74 Å². The summed E-state index contributed by atoms with van der Waals surface area (Å²) < 4.78 is 5.74. The highest BCUT2D eigenvalue weighted by Gasteiger charge is 2.36. The molecule has 1 N–H and O–H groups in total. The second-order valence-corrected chi connectivity index (χ2v) is 7.19. The van der Waals surface area contributed by atoms with Gasteiger partial charge >= 0.3 is 5.97 Å². The smallest absolute Gasteiger partial charge is 0.328 e. The van der Waals surface area contributed by atoms with Crippen molar-refractivity contribution in [1.82, 2.24) is 5.32 Å². The maximum atomic E-state index is 12.3. The van der Waals surface area contributed by atoms with Crippen molar-refractivity contribution in [1.29, 1.82) is 0 Å². The summed E-state index contributed by atoms with van der Waals surface area (Å²) in [6.07, 6.45) is 1.06. The third-order valence-electron chi connectivity index (χ3n) is 4.52. The zero-order valence-electron chi connectivity index (χ0n) is 15.0. The minimum absolute atomic E-state index is 0.136. The standard InChI is InChI=1S/C19H27NO3/c1-7-20-15-9-14-11(2)8-12(3)16(17(14)23-18(15)22)19(5,6)10-13(4)21/h8,15,20H,7,9-10H2,1-6H3. The van der Waals surface area contributed by atoms with Gasteiger partial charge in [0.15, 0.2) is 0 Å². The fourth-order valence-corrected chi connectivity index (χ4v) is 3.77. The van der Waals surface area contributed by atoms with Crippen LogP contribution in [0.2, 0.25) is 0 Å². The van der Waals surface area contributed by atoms with E-state index in [0.29, 0.717) is 18.6 Å². The molecule has 2 rings (SSSR count). The van der Waals surface area contributed by atoms with Crippen molar-refractivity contribution in [3.8, 4) is 5.75 Å². The van der Waals surface area contributed by atoms with Gasteiger partial charge in [0, 0.05) is 29.4 Å². The van der Waals surface area contributed by atoms with Crippen molar-refractivity contribution in [2.45, 2.75) is 65.8 Å². The molecule has 0 fully saturated rings. The molecule has 0 radical (unpaired) electrons. The minimum atomic E-state index is -0.362. The van der Waals surface area contributed by atoms with Gasteiger partial charge in [-0.1, -0.05) is 26.8 Å². The number of carbonyl (C=O) groups excluding carboxylic acids is 2. The molecule has 126 valence electrons. The number of benzene rings is 1. The van der Waals surface area contributed by atoms with Crippen LogP contribution in [0.3, 0.4) is 0 Å². The summed E-state index contributed by atoms with van der Waals surface area (Å²) >= 11 is 0. The van der Waals surface area contributed by atoms with Crippen LogP contribution in [0.5, 0.6) is 5.75 Å². The molecule has 0 saturated carbocycles. The predicted octanol–water partition coefficient (Wildman–Crippen LogP) is 3.00. The Morgan fingerprint density at radius 1 is 1.35 bits per heavy atom. The van der Waals surface area contributed by atoms with Crippen molar-refractivity contribution < 1.29 is 14.3 Å². The Balaban J connectivity index is 2.57.